The fourth-order valence-electron chi connectivity index (χ4n) is 3.25. The van der Waals surface area contributed by atoms with E-state index in [1.807, 2.05) is 46.7 Å². The van der Waals surface area contributed by atoms with Gasteiger partial charge in [-0.25, -0.2) is 0 Å². The number of ether oxygens (including phenoxy) is 2. The fraction of sp³-hybridized carbons (Fsp3) is 0.650. The van der Waals surface area contributed by atoms with Gasteiger partial charge in [-0.2, -0.15) is 0 Å². The van der Waals surface area contributed by atoms with Gasteiger partial charge in [-0.3, -0.25) is 4.79 Å². The number of amides is 1. The van der Waals surface area contributed by atoms with E-state index < -0.39 is 0 Å². The number of benzene rings is 1. The van der Waals surface area contributed by atoms with E-state index >= 15 is 0 Å². The van der Waals surface area contributed by atoms with Crippen LogP contribution in [0, 0.1) is 6.92 Å². The van der Waals surface area contributed by atoms with Crippen molar-refractivity contribution in [2.75, 3.05) is 24.3 Å². The molecule has 2 unspecified atom stereocenters. The summed E-state index contributed by atoms with van der Waals surface area (Å²) in [4.78, 5) is 12.3. The molecular weight excluding hydrogens is 366 g/mol. The minimum atomic E-state index is 0.0734. The zero-order valence-electron chi connectivity index (χ0n) is 15.5. The van der Waals surface area contributed by atoms with E-state index in [1.54, 1.807) is 0 Å². The van der Waals surface area contributed by atoms with Crippen LogP contribution in [0.4, 0.5) is 5.69 Å². The van der Waals surface area contributed by atoms with Gasteiger partial charge in [0.2, 0.25) is 5.91 Å². The highest BCUT2D eigenvalue weighted by molar-refractivity contribution is 8.77. The molecule has 0 spiro atoms. The maximum absolute atomic E-state index is 12.3. The van der Waals surface area contributed by atoms with Crippen molar-refractivity contribution in [1.82, 2.24) is 0 Å². The molecule has 144 valence electrons. The van der Waals surface area contributed by atoms with E-state index in [9.17, 15) is 4.79 Å². The Kier molecular flexibility index (Phi) is 8.02. The quantitative estimate of drug-likeness (QED) is 0.460. The molecule has 3 rings (SSSR count). The molecule has 6 heteroatoms. The molecule has 2 heterocycles. The summed E-state index contributed by atoms with van der Waals surface area (Å²) < 4.78 is 11.6. The highest BCUT2D eigenvalue weighted by atomic mass is 33.1. The van der Waals surface area contributed by atoms with Crippen LogP contribution in [-0.2, 0) is 9.53 Å². The largest absolute Gasteiger partial charge is 0.489 e. The Balaban J connectivity index is 1.43. The van der Waals surface area contributed by atoms with Crippen LogP contribution < -0.4 is 10.1 Å². The first-order chi connectivity index (χ1) is 12.7. The summed E-state index contributed by atoms with van der Waals surface area (Å²) in [5.74, 6) is 2.09. The summed E-state index contributed by atoms with van der Waals surface area (Å²) in [6.45, 7) is 3.40. The van der Waals surface area contributed by atoms with Crippen molar-refractivity contribution in [3.05, 3.63) is 23.8 Å². The second-order valence-corrected chi connectivity index (χ2v) is 9.86. The van der Waals surface area contributed by atoms with Crippen molar-refractivity contribution in [3.63, 3.8) is 0 Å². The van der Waals surface area contributed by atoms with Crippen LogP contribution >= 0.6 is 21.6 Å². The number of aryl methyl sites for hydroxylation is 1. The first kappa shape index (κ1) is 19.9. The minimum absolute atomic E-state index is 0.0734. The monoisotopic (exact) mass is 395 g/mol. The summed E-state index contributed by atoms with van der Waals surface area (Å²) >= 11 is 0. The standard InChI is InChI=1S/C20H29NO3S2/c1-15-8-9-18(19(13-15)24-14-16-5-4-11-23-16)21-20(22)7-3-2-6-17-10-12-25-26-17/h8-9,13,16-17H,2-7,10-12,14H2,1H3,(H,21,22). The second kappa shape index (κ2) is 10.5. The van der Waals surface area contributed by atoms with Crippen LogP contribution in [-0.4, -0.2) is 36.2 Å². The van der Waals surface area contributed by atoms with Crippen molar-refractivity contribution in [1.29, 1.82) is 0 Å². The number of carbonyl (C=O) groups is 1. The number of unbranched alkanes of at least 4 members (excludes halogenated alkanes) is 1. The Labute approximate surface area is 164 Å². The van der Waals surface area contributed by atoms with Gasteiger partial charge in [0, 0.05) is 24.0 Å². The summed E-state index contributed by atoms with van der Waals surface area (Å²) in [5.41, 5.74) is 1.89. The van der Waals surface area contributed by atoms with E-state index in [0.717, 1.165) is 54.5 Å². The van der Waals surface area contributed by atoms with E-state index in [1.165, 1.54) is 18.6 Å². The zero-order valence-corrected chi connectivity index (χ0v) is 17.1. The van der Waals surface area contributed by atoms with E-state index in [4.69, 9.17) is 9.47 Å². The molecule has 0 bridgehead atoms. The third-order valence-electron chi connectivity index (χ3n) is 4.77. The van der Waals surface area contributed by atoms with Gasteiger partial charge in [0.15, 0.2) is 0 Å². The smallest absolute Gasteiger partial charge is 0.224 e. The zero-order chi connectivity index (χ0) is 18.2. The predicted molar refractivity (Wildman–Crippen MR) is 111 cm³/mol. The first-order valence-electron chi connectivity index (χ1n) is 9.64. The summed E-state index contributed by atoms with van der Waals surface area (Å²) in [6, 6.07) is 5.92. The lowest BCUT2D eigenvalue weighted by Crippen LogP contribution is -2.18. The van der Waals surface area contributed by atoms with Crippen LogP contribution in [0.25, 0.3) is 0 Å². The SMILES string of the molecule is Cc1ccc(NC(=O)CCCCC2CCSS2)c(OCC2CCCO2)c1. The lowest BCUT2D eigenvalue weighted by atomic mass is 10.1. The maximum Gasteiger partial charge on any atom is 0.224 e. The Bertz CT molecular complexity index is 584. The van der Waals surface area contributed by atoms with Gasteiger partial charge in [-0.1, -0.05) is 34.1 Å². The third-order valence-corrected chi connectivity index (χ3v) is 7.77. The lowest BCUT2D eigenvalue weighted by molar-refractivity contribution is -0.116. The molecule has 0 aromatic heterocycles. The van der Waals surface area contributed by atoms with Gasteiger partial charge >= 0.3 is 0 Å². The third kappa shape index (κ3) is 6.39. The molecule has 1 amide bonds. The molecule has 2 atom stereocenters. The average molecular weight is 396 g/mol. The van der Waals surface area contributed by atoms with Crippen molar-refractivity contribution < 1.29 is 14.3 Å². The molecule has 2 aliphatic rings. The van der Waals surface area contributed by atoms with Gasteiger partial charge in [0.1, 0.15) is 12.4 Å². The van der Waals surface area contributed by atoms with Crippen molar-refractivity contribution in [2.24, 2.45) is 0 Å². The molecule has 1 aromatic rings. The number of hydrogen-bond acceptors (Lipinski definition) is 5. The molecule has 0 radical (unpaired) electrons. The summed E-state index contributed by atoms with van der Waals surface area (Å²) in [7, 11) is 3.99. The normalized spacial score (nSPS) is 22.5. The van der Waals surface area contributed by atoms with Gasteiger partial charge in [-0.15, -0.1) is 0 Å². The Morgan fingerprint density at radius 2 is 2.27 bits per heavy atom. The number of nitrogens with one attached hydrogen (secondary N) is 1. The number of anilines is 1. The molecule has 0 saturated carbocycles. The molecule has 4 nitrogen and oxygen atoms in total. The Hall–Kier alpha value is -0.850. The topological polar surface area (TPSA) is 47.6 Å². The van der Waals surface area contributed by atoms with Crippen molar-refractivity contribution in [2.45, 2.75) is 63.2 Å². The molecule has 1 N–H and O–H groups in total. The van der Waals surface area contributed by atoms with Crippen LogP contribution in [0.1, 0.15) is 50.5 Å². The first-order valence-corrected chi connectivity index (χ1v) is 12.0. The molecule has 1 aromatic carbocycles. The van der Waals surface area contributed by atoms with E-state index in [2.05, 4.69) is 5.32 Å². The van der Waals surface area contributed by atoms with Crippen LogP contribution in [0.15, 0.2) is 18.2 Å². The summed E-state index contributed by atoms with van der Waals surface area (Å²) in [6.07, 6.45) is 7.51. The molecule has 0 aliphatic carbocycles. The van der Waals surface area contributed by atoms with Gasteiger partial charge in [0.05, 0.1) is 11.8 Å². The molecule has 2 aliphatic heterocycles. The fourth-order valence-corrected chi connectivity index (χ4v) is 6.27. The second-order valence-electron chi connectivity index (χ2n) is 7.07. The molecule has 2 saturated heterocycles. The highest BCUT2D eigenvalue weighted by Crippen LogP contribution is 2.39. The molecular formula is C20H29NO3S2. The van der Waals surface area contributed by atoms with Crippen LogP contribution in [0.3, 0.4) is 0 Å². The Morgan fingerprint density at radius 1 is 1.35 bits per heavy atom. The Morgan fingerprint density at radius 3 is 3.04 bits per heavy atom. The van der Waals surface area contributed by atoms with Crippen molar-refractivity contribution >= 4 is 33.2 Å². The molecule has 2 fully saturated rings. The maximum atomic E-state index is 12.3. The van der Waals surface area contributed by atoms with Crippen molar-refractivity contribution in [3.8, 4) is 5.75 Å². The minimum Gasteiger partial charge on any atom is -0.489 e. The number of carbonyl (C=O) groups excluding carboxylic acids is 1. The van der Waals surface area contributed by atoms with E-state index in [-0.39, 0.29) is 12.0 Å². The highest BCUT2D eigenvalue weighted by Gasteiger charge is 2.18. The van der Waals surface area contributed by atoms with Gasteiger partial charge in [0.25, 0.3) is 0 Å². The molecule has 26 heavy (non-hydrogen) atoms. The van der Waals surface area contributed by atoms with E-state index in [0.29, 0.717) is 13.0 Å². The summed E-state index contributed by atoms with van der Waals surface area (Å²) in [5, 5.41) is 3.82. The number of hydrogen-bond donors (Lipinski definition) is 1. The predicted octanol–water partition coefficient (Wildman–Crippen LogP) is 5.21. The van der Waals surface area contributed by atoms with Gasteiger partial charge < -0.3 is 14.8 Å². The van der Waals surface area contributed by atoms with Crippen LogP contribution in [0.5, 0.6) is 5.75 Å². The average Bonchev–Trinajstić information content (AvgIpc) is 3.33. The van der Waals surface area contributed by atoms with Gasteiger partial charge in [-0.05, 0) is 56.7 Å². The number of rotatable bonds is 9. The lowest BCUT2D eigenvalue weighted by Gasteiger charge is -2.16. The van der Waals surface area contributed by atoms with Crippen LogP contribution in [0.2, 0.25) is 0 Å².